The third-order valence-electron chi connectivity index (χ3n) is 3.02. The van der Waals surface area contributed by atoms with Gasteiger partial charge in [0.2, 0.25) is 0 Å². The molecule has 1 aromatic heterocycles. The van der Waals surface area contributed by atoms with E-state index < -0.39 is 11.6 Å². The second-order valence-electron chi connectivity index (χ2n) is 5.77. The van der Waals surface area contributed by atoms with Crippen molar-refractivity contribution in [2.75, 3.05) is 6.54 Å². The van der Waals surface area contributed by atoms with E-state index in [0.29, 0.717) is 18.7 Å². The van der Waals surface area contributed by atoms with Gasteiger partial charge in [0, 0.05) is 12.7 Å². The molecule has 104 valence electrons. The van der Waals surface area contributed by atoms with Crippen LogP contribution in [0, 0.1) is 0 Å². The lowest BCUT2D eigenvalue weighted by Gasteiger charge is -2.27. The van der Waals surface area contributed by atoms with Gasteiger partial charge < -0.3 is 14.6 Å². The number of amides is 1. The average Bonchev–Trinajstić information content (AvgIpc) is 2.97. The van der Waals surface area contributed by atoms with Gasteiger partial charge in [-0.1, -0.05) is 0 Å². The number of aromatic nitrogens is 1. The Labute approximate surface area is 112 Å². The van der Waals surface area contributed by atoms with Crippen LogP contribution in [0.15, 0.2) is 18.3 Å². The molecule has 1 amide bonds. The van der Waals surface area contributed by atoms with Crippen LogP contribution in [0.25, 0.3) is 0 Å². The molecular formula is C14H20N2O3. The fraction of sp³-hybridized carbons (Fsp3) is 0.571. The van der Waals surface area contributed by atoms with Gasteiger partial charge in [0.25, 0.3) is 5.91 Å². The Bertz CT molecular complexity index is 460. The molecule has 19 heavy (non-hydrogen) atoms. The van der Waals surface area contributed by atoms with E-state index in [4.69, 9.17) is 4.74 Å². The molecule has 1 fully saturated rings. The minimum absolute atomic E-state index is 0.140. The van der Waals surface area contributed by atoms with E-state index in [1.165, 1.54) is 0 Å². The Morgan fingerprint density at radius 2 is 2.16 bits per heavy atom. The van der Waals surface area contributed by atoms with Crippen molar-refractivity contribution >= 4 is 11.9 Å². The first-order valence-electron chi connectivity index (χ1n) is 6.56. The SMILES string of the molecule is CC(C)(C)OC(=O)[C@@H]1CCCN1C(=O)c1ccc[nH]1. The Morgan fingerprint density at radius 1 is 1.42 bits per heavy atom. The van der Waals surface area contributed by atoms with Gasteiger partial charge in [-0.2, -0.15) is 0 Å². The molecule has 5 nitrogen and oxygen atoms in total. The normalized spacial score (nSPS) is 19.5. The molecule has 1 N–H and O–H groups in total. The van der Waals surface area contributed by atoms with Crippen molar-refractivity contribution < 1.29 is 14.3 Å². The molecule has 1 saturated heterocycles. The summed E-state index contributed by atoms with van der Waals surface area (Å²) in [5, 5.41) is 0. The molecule has 1 aliphatic heterocycles. The lowest BCUT2D eigenvalue weighted by atomic mass is 10.1. The third kappa shape index (κ3) is 3.16. The summed E-state index contributed by atoms with van der Waals surface area (Å²) in [6.45, 7) is 6.09. The van der Waals surface area contributed by atoms with E-state index >= 15 is 0 Å². The monoisotopic (exact) mass is 264 g/mol. The summed E-state index contributed by atoms with van der Waals surface area (Å²) in [6, 6.07) is 3.02. The number of ether oxygens (including phenoxy) is 1. The summed E-state index contributed by atoms with van der Waals surface area (Å²) in [6.07, 6.45) is 3.20. The van der Waals surface area contributed by atoms with Gasteiger partial charge in [-0.3, -0.25) is 4.79 Å². The fourth-order valence-electron chi connectivity index (χ4n) is 2.24. The number of aromatic amines is 1. The van der Waals surface area contributed by atoms with Gasteiger partial charge >= 0.3 is 5.97 Å². The number of hydrogen-bond donors (Lipinski definition) is 1. The summed E-state index contributed by atoms with van der Waals surface area (Å²) >= 11 is 0. The molecule has 5 heteroatoms. The number of hydrogen-bond acceptors (Lipinski definition) is 3. The van der Waals surface area contributed by atoms with Crippen molar-refractivity contribution in [1.82, 2.24) is 9.88 Å². The fourth-order valence-corrected chi connectivity index (χ4v) is 2.24. The zero-order valence-electron chi connectivity index (χ0n) is 11.6. The molecule has 0 bridgehead atoms. The van der Waals surface area contributed by atoms with Gasteiger partial charge in [0.05, 0.1) is 0 Å². The molecule has 0 aliphatic carbocycles. The Balaban J connectivity index is 2.09. The molecule has 0 spiro atoms. The quantitative estimate of drug-likeness (QED) is 0.831. The standard InChI is InChI=1S/C14H20N2O3/c1-14(2,3)19-13(18)11-7-5-9-16(11)12(17)10-6-4-8-15-10/h4,6,8,11,15H,5,7,9H2,1-3H3/t11-/m0/s1. The molecule has 1 atom stereocenters. The molecular weight excluding hydrogens is 244 g/mol. The van der Waals surface area contributed by atoms with Crippen molar-refractivity contribution in [1.29, 1.82) is 0 Å². The van der Waals surface area contributed by atoms with Crippen LogP contribution in [-0.4, -0.2) is 39.9 Å². The van der Waals surface area contributed by atoms with Gasteiger partial charge in [-0.05, 0) is 45.7 Å². The molecule has 1 aromatic rings. The van der Waals surface area contributed by atoms with Crippen LogP contribution in [0.3, 0.4) is 0 Å². The Kier molecular flexibility index (Phi) is 3.64. The number of nitrogens with one attached hydrogen (secondary N) is 1. The molecule has 0 saturated carbocycles. The van der Waals surface area contributed by atoms with E-state index in [2.05, 4.69) is 4.98 Å². The highest BCUT2D eigenvalue weighted by molar-refractivity contribution is 5.95. The number of carbonyl (C=O) groups is 2. The summed E-state index contributed by atoms with van der Waals surface area (Å²) in [5.41, 5.74) is -0.0173. The molecule has 1 aliphatic rings. The average molecular weight is 264 g/mol. The van der Waals surface area contributed by atoms with Crippen molar-refractivity contribution in [3.05, 3.63) is 24.0 Å². The first-order valence-corrected chi connectivity index (χ1v) is 6.56. The van der Waals surface area contributed by atoms with E-state index in [1.54, 1.807) is 23.2 Å². The first kappa shape index (κ1) is 13.6. The van der Waals surface area contributed by atoms with Crippen molar-refractivity contribution in [3.63, 3.8) is 0 Å². The summed E-state index contributed by atoms with van der Waals surface area (Å²) in [5.74, 6) is -0.455. The highest BCUT2D eigenvalue weighted by atomic mass is 16.6. The van der Waals surface area contributed by atoms with Crippen LogP contribution in [0.4, 0.5) is 0 Å². The van der Waals surface area contributed by atoms with E-state index in [0.717, 1.165) is 6.42 Å². The number of carbonyl (C=O) groups excluding carboxylic acids is 2. The Morgan fingerprint density at radius 3 is 2.74 bits per heavy atom. The zero-order valence-corrected chi connectivity index (χ0v) is 11.6. The number of likely N-dealkylation sites (tertiary alicyclic amines) is 1. The van der Waals surface area contributed by atoms with Gasteiger partial charge in [-0.15, -0.1) is 0 Å². The number of H-pyrrole nitrogens is 1. The molecule has 0 unspecified atom stereocenters. The zero-order chi connectivity index (χ0) is 14.0. The van der Waals surface area contributed by atoms with Crippen LogP contribution in [0.5, 0.6) is 0 Å². The maximum Gasteiger partial charge on any atom is 0.329 e. The van der Waals surface area contributed by atoms with Gasteiger partial charge in [0.15, 0.2) is 0 Å². The minimum atomic E-state index is -0.527. The van der Waals surface area contributed by atoms with Crippen molar-refractivity contribution in [2.45, 2.75) is 45.3 Å². The van der Waals surface area contributed by atoms with Gasteiger partial charge in [-0.25, -0.2) is 4.79 Å². The first-order chi connectivity index (χ1) is 8.88. The number of nitrogens with zero attached hydrogens (tertiary/aromatic N) is 1. The molecule has 2 heterocycles. The second kappa shape index (κ2) is 5.07. The lowest BCUT2D eigenvalue weighted by molar-refractivity contribution is -0.159. The van der Waals surface area contributed by atoms with Crippen LogP contribution in [0.1, 0.15) is 44.1 Å². The van der Waals surface area contributed by atoms with E-state index in [1.807, 2.05) is 20.8 Å². The Hall–Kier alpha value is -1.78. The highest BCUT2D eigenvalue weighted by Gasteiger charge is 2.37. The predicted molar refractivity (Wildman–Crippen MR) is 70.7 cm³/mol. The third-order valence-corrected chi connectivity index (χ3v) is 3.02. The van der Waals surface area contributed by atoms with E-state index in [-0.39, 0.29) is 11.9 Å². The second-order valence-corrected chi connectivity index (χ2v) is 5.77. The van der Waals surface area contributed by atoms with Crippen LogP contribution in [-0.2, 0) is 9.53 Å². The van der Waals surface area contributed by atoms with E-state index in [9.17, 15) is 9.59 Å². The topological polar surface area (TPSA) is 62.4 Å². The van der Waals surface area contributed by atoms with Crippen LogP contribution < -0.4 is 0 Å². The number of esters is 1. The maximum absolute atomic E-state index is 12.3. The smallest absolute Gasteiger partial charge is 0.329 e. The summed E-state index contributed by atoms with van der Waals surface area (Å²) < 4.78 is 5.38. The van der Waals surface area contributed by atoms with Crippen LogP contribution >= 0.6 is 0 Å². The molecule has 0 radical (unpaired) electrons. The largest absolute Gasteiger partial charge is 0.458 e. The summed E-state index contributed by atoms with van der Waals surface area (Å²) in [7, 11) is 0. The molecule has 2 rings (SSSR count). The minimum Gasteiger partial charge on any atom is -0.458 e. The summed E-state index contributed by atoms with van der Waals surface area (Å²) in [4.78, 5) is 28.9. The highest BCUT2D eigenvalue weighted by Crippen LogP contribution is 2.22. The lowest BCUT2D eigenvalue weighted by Crippen LogP contribution is -2.43. The molecule has 0 aromatic carbocycles. The van der Waals surface area contributed by atoms with Crippen molar-refractivity contribution in [2.24, 2.45) is 0 Å². The van der Waals surface area contributed by atoms with Gasteiger partial charge in [0.1, 0.15) is 17.3 Å². The number of rotatable bonds is 2. The van der Waals surface area contributed by atoms with Crippen LogP contribution in [0.2, 0.25) is 0 Å². The maximum atomic E-state index is 12.3. The van der Waals surface area contributed by atoms with Crippen molar-refractivity contribution in [3.8, 4) is 0 Å². The predicted octanol–water partition coefficient (Wildman–Crippen LogP) is 1.96.